The number of imidazole rings is 1. The maximum Gasteiger partial charge on any atom is 0.159 e. The van der Waals surface area contributed by atoms with E-state index in [1.165, 1.54) is 6.20 Å². The minimum Gasteiger partial charge on any atom is -0.376 e. The molecule has 166 valence electrons. The number of aromatic nitrogens is 8. The minimum absolute atomic E-state index is 0.255. The third kappa shape index (κ3) is 3.15. The van der Waals surface area contributed by atoms with Crippen molar-refractivity contribution in [3.05, 3.63) is 67.3 Å². The van der Waals surface area contributed by atoms with Gasteiger partial charge in [-0.2, -0.15) is 5.10 Å². The number of H-pyrrole nitrogens is 2. The molecule has 0 fully saturated rings. The van der Waals surface area contributed by atoms with Crippen molar-refractivity contribution in [2.24, 2.45) is 0 Å². The van der Waals surface area contributed by atoms with Gasteiger partial charge in [-0.1, -0.05) is 0 Å². The molecule has 6 aromatic heterocycles. The van der Waals surface area contributed by atoms with Crippen molar-refractivity contribution in [3.8, 4) is 33.9 Å². The van der Waals surface area contributed by atoms with Gasteiger partial charge in [-0.3, -0.25) is 20.1 Å². The smallest absolute Gasteiger partial charge is 0.159 e. The van der Waals surface area contributed by atoms with Crippen LogP contribution in [0.25, 0.3) is 56.0 Å². The predicted molar refractivity (Wildman–Crippen MR) is 128 cm³/mol. The minimum atomic E-state index is -0.445. The molecule has 0 radical (unpaired) electrons. The van der Waals surface area contributed by atoms with E-state index in [0.29, 0.717) is 39.5 Å². The highest BCUT2D eigenvalue weighted by Crippen LogP contribution is 2.34. The molecule has 0 aliphatic rings. The molecule has 6 heterocycles. The molecule has 0 atom stereocenters. The zero-order chi connectivity index (χ0) is 23.2. The van der Waals surface area contributed by atoms with E-state index in [-0.39, 0.29) is 5.39 Å². The summed E-state index contributed by atoms with van der Waals surface area (Å²) in [5.74, 6) is -0.0260. The van der Waals surface area contributed by atoms with Crippen LogP contribution in [0.1, 0.15) is 0 Å². The summed E-state index contributed by atoms with van der Waals surface area (Å²) in [6.45, 7) is 0. The summed E-state index contributed by atoms with van der Waals surface area (Å²) in [4.78, 5) is 27.1. The van der Waals surface area contributed by atoms with Gasteiger partial charge in [-0.05, 0) is 24.3 Å². The summed E-state index contributed by atoms with van der Waals surface area (Å²) in [6, 6.07) is 7.42. The van der Waals surface area contributed by atoms with Gasteiger partial charge >= 0.3 is 0 Å². The lowest BCUT2D eigenvalue weighted by molar-refractivity contribution is 0.642. The van der Waals surface area contributed by atoms with Crippen molar-refractivity contribution >= 4 is 27.8 Å². The second-order valence-electron chi connectivity index (χ2n) is 7.98. The summed E-state index contributed by atoms with van der Waals surface area (Å²) >= 11 is 0. The Hall–Kier alpha value is -4.73. The molecule has 6 aromatic rings. The van der Waals surface area contributed by atoms with Crippen molar-refractivity contribution in [1.29, 1.82) is 0 Å². The number of hydrogen-bond acceptors (Lipinski definition) is 7. The van der Waals surface area contributed by atoms with E-state index in [1.807, 2.05) is 43.3 Å². The highest BCUT2D eigenvalue weighted by atomic mass is 19.1. The lowest BCUT2D eigenvalue weighted by atomic mass is 10.1. The van der Waals surface area contributed by atoms with Crippen LogP contribution in [-0.4, -0.2) is 54.2 Å². The van der Waals surface area contributed by atoms with Gasteiger partial charge in [0.25, 0.3) is 0 Å². The SMILES string of the molecule is CN(C)c1cncc(-c2cnc3[nH]nc(-c4nc5c(-c6ccncc6)nccc5[nH]4)c3c2F)c1. The van der Waals surface area contributed by atoms with E-state index >= 15 is 4.39 Å². The lowest BCUT2D eigenvalue weighted by Crippen LogP contribution is -2.08. The van der Waals surface area contributed by atoms with Crippen LogP contribution < -0.4 is 4.90 Å². The zero-order valence-corrected chi connectivity index (χ0v) is 18.3. The predicted octanol–water partition coefficient (Wildman–Crippen LogP) is 4.23. The summed E-state index contributed by atoms with van der Waals surface area (Å²) in [5, 5.41) is 7.40. The number of anilines is 1. The summed E-state index contributed by atoms with van der Waals surface area (Å²) in [5.41, 5.74) is 5.50. The Labute approximate surface area is 192 Å². The van der Waals surface area contributed by atoms with Crippen LogP contribution in [0.4, 0.5) is 10.1 Å². The van der Waals surface area contributed by atoms with Gasteiger partial charge in [-0.15, -0.1) is 0 Å². The average Bonchev–Trinajstić information content (AvgIpc) is 3.49. The largest absolute Gasteiger partial charge is 0.376 e. The van der Waals surface area contributed by atoms with Crippen molar-refractivity contribution in [2.75, 3.05) is 19.0 Å². The maximum atomic E-state index is 15.9. The third-order valence-electron chi connectivity index (χ3n) is 5.66. The van der Waals surface area contributed by atoms with Gasteiger partial charge in [0.2, 0.25) is 0 Å². The third-order valence-corrected chi connectivity index (χ3v) is 5.66. The average molecular weight is 451 g/mol. The van der Waals surface area contributed by atoms with Crippen LogP contribution >= 0.6 is 0 Å². The lowest BCUT2D eigenvalue weighted by Gasteiger charge is -2.13. The number of pyridine rings is 4. The fourth-order valence-electron chi connectivity index (χ4n) is 3.92. The van der Waals surface area contributed by atoms with Crippen LogP contribution in [0, 0.1) is 5.82 Å². The Bertz CT molecular complexity index is 1650. The van der Waals surface area contributed by atoms with Crippen molar-refractivity contribution in [1.82, 2.24) is 40.1 Å². The number of nitrogens with zero attached hydrogens (tertiary/aromatic N) is 7. The topological polar surface area (TPSA) is 112 Å². The molecule has 0 saturated heterocycles. The van der Waals surface area contributed by atoms with Gasteiger partial charge in [-0.25, -0.2) is 14.4 Å². The molecule has 0 amide bonds. The molecule has 0 aliphatic carbocycles. The van der Waals surface area contributed by atoms with Crippen molar-refractivity contribution < 1.29 is 4.39 Å². The molecule has 9 nitrogen and oxygen atoms in total. The van der Waals surface area contributed by atoms with E-state index in [2.05, 4.69) is 35.1 Å². The Morgan fingerprint density at radius 2 is 1.74 bits per heavy atom. The number of rotatable bonds is 4. The van der Waals surface area contributed by atoms with Gasteiger partial charge in [0.1, 0.15) is 17.0 Å². The van der Waals surface area contributed by atoms with Crippen LogP contribution in [0.2, 0.25) is 0 Å². The first-order valence-corrected chi connectivity index (χ1v) is 10.5. The first-order valence-electron chi connectivity index (χ1n) is 10.5. The van der Waals surface area contributed by atoms with Crippen LogP contribution in [0.15, 0.2) is 61.4 Å². The number of fused-ring (bicyclic) bond motifs is 2. The van der Waals surface area contributed by atoms with Gasteiger partial charge < -0.3 is 9.88 Å². The first kappa shape index (κ1) is 19.9. The summed E-state index contributed by atoms with van der Waals surface area (Å²) in [6.07, 6.45) is 9.93. The number of hydrogen-bond donors (Lipinski definition) is 2. The van der Waals surface area contributed by atoms with Crippen molar-refractivity contribution in [2.45, 2.75) is 0 Å². The summed E-state index contributed by atoms with van der Waals surface area (Å²) in [7, 11) is 3.81. The molecule has 0 spiro atoms. The Balaban J connectivity index is 1.52. The second kappa shape index (κ2) is 7.69. The Morgan fingerprint density at radius 1 is 0.882 bits per heavy atom. The standard InChI is InChI=1S/C24H18FN9/c1-34(2)15-9-14(10-27-11-15)16-12-29-23-18(19(16)25)22(32-33-23)24-30-17-5-8-28-20(21(17)31-24)13-3-6-26-7-4-13/h3-12H,1-2H3,(H,30,31)(H,29,32,33). The number of aromatic amines is 2. The molecular formula is C24H18FN9. The zero-order valence-electron chi connectivity index (χ0n) is 18.3. The van der Waals surface area contributed by atoms with Crippen molar-refractivity contribution in [3.63, 3.8) is 0 Å². The van der Waals surface area contributed by atoms with Gasteiger partial charge in [0.15, 0.2) is 11.5 Å². The molecular weight excluding hydrogens is 433 g/mol. The molecule has 0 aromatic carbocycles. The Kier molecular flexibility index (Phi) is 4.51. The number of nitrogens with one attached hydrogen (secondary N) is 2. The van der Waals surface area contributed by atoms with Crippen LogP contribution in [0.3, 0.4) is 0 Å². The molecule has 2 N–H and O–H groups in total. The van der Waals surface area contributed by atoms with E-state index in [0.717, 1.165) is 16.8 Å². The normalized spacial score (nSPS) is 11.4. The molecule has 6 rings (SSSR count). The molecule has 34 heavy (non-hydrogen) atoms. The van der Waals surface area contributed by atoms with Crippen LogP contribution in [-0.2, 0) is 0 Å². The van der Waals surface area contributed by atoms with E-state index < -0.39 is 5.82 Å². The fraction of sp³-hybridized carbons (Fsp3) is 0.0833. The number of halogens is 1. The monoisotopic (exact) mass is 451 g/mol. The van der Waals surface area contributed by atoms with E-state index in [9.17, 15) is 0 Å². The molecule has 10 heteroatoms. The highest BCUT2D eigenvalue weighted by molar-refractivity contribution is 5.96. The second-order valence-corrected chi connectivity index (χ2v) is 7.98. The summed E-state index contributed by atoms with van der Waals surface area (Å²) < 4.78 is 15.9. The fourth-order valence-corrected chi connectivity index (χ4v) is 3.92. The van der Waals surface area contributed by atoms with Gasteiger partial charge in [0.05, 0.1) is 28.5 Å². The molecule has 0 unspecified atom stereocenters. The quantitative estimate of drug-likeness (QED) is 0.413. The first-order chi connectivity index (χ1) is 16.6. The highest BCUT2D eigenvalue weighted by Gasteiger charge is 2.21. The molecule has 0 aliphatic heterocycles. The van der Waals surface area contributed by atoms with E-state index in [1.54, 1.807) is 31.0 Å². The van der Waals surface area contributed by atoms with Crippen LogP contribution in [0.5, 0.6) is 0 Å². The maximum absolute atomic E-state index is 15.9. The molecule has 0 saturated carbocycles. The Morgan fingerprint density at radius 3 is 2.56 bits per heavy atom. The van der Waals surface area contributed by atoms with E-state index in [4.69, 9.17) is 4.98 Å². The molecule has 0 bridgehead atoms. The van der Waals surface area contributed by atoms with Gasteiger partial charge in [0, 0.05) is 61.8 Å².